The molecule has 3 aromatic carbocycles. The smallest absolute Gasteiger partial charge is 0.124 e. The maximum absolute atomic E-state index is 10.8. The van der Waals surface area contributed by atoms with Crippen LogP contribution in [0.3, 0.4) is 0 Å². The Bertz CT molecular complexity index is 1330. The number of phenolic OH excluding ortho intramolecular Hbond substituents is 1. The number of rotatable bonds is 0. The molecule has 7 nitrogen and oxygen atoms in total. The minimum atomic E-state index is 0.215. The van der Waals surface area contributed by atoms with Crippen molar-refractivity contribution in [3.8, 4) is 28.0 Å². The van der Waals surface area contributed by atoms with Crippen LogP contribution in [-0.4, -0.2) is 35.9 Å². The van der Waals surface area contributed by atoms with Gasteiger partial charge in [0.25, 0.3) is 0 Å². The molecular formula is C19H12N6O. The average Bonchev–Trinajstić information content (AvgIpc) is 3.28. The molecule has 5 aromatic rings. The van der Waals surface area contributed by atoms with Crippen molar-refractivity contribution in [2.75, 3.05) is 0 Å². The van der Waals surface area contributed by atoms with Crippen LogP contribution in [0.5, 0.6) is 5.75 Å². The lowest BCUT2D eigenvalue weighted by molar-refractivity contribution is 0.477. The standard InChI is InChI=1S/C19H12N6O/c26-14-3-1-2-11-15-9(4-6-12-18(15)22-24-20-12)8-10-5-7-13-19(23-25-21-13)16(10)17(11)14/h1-7,26H,8H2,(H,20,22,24)(H,21,23,25). The maximum atomic E-state index is 10.8. The molecule has 0 amide bonds. The second-order valence-corrected chi connectivity index (χ2v) is 6.46. The summed E-state index contributed by atoms with van der Waals surface area (Å²) in [6.45, 7) is 0. The summed E-state index contributed by atoms with van der Waals surface area (Å²) in [5, 5.41) is 33.3. The number of fused-ring (bicyclic) bond motifs is 9. The number of aromatic nitrogens is 6. The number of nitrogens with one attached hydrogen (secondary N) is 2. The second kappa shape index (κ2) is 4.66. The van der Waals surface area contributed by atoms with Gasteiger partial charge in [-0.05, 0) is 41.3 Å². The summed E-state index contributed by atoms with van der Waals surface area (Å²) in [5.41, 5.74) is 8.96. The van der Waals surface area contributed by atoms with Crippen molar-refractivity contribution in [3.05, 3.63) is 53.6 Å². The Balaban J connectivity index is 1.86. The lowest BCUT2D eigenvalue weighted by Gasteiger charge is -2.12. The molecule has 0 saturated carbocycles. The molecule has 26 heavy (non-hydrogen) atoms. The molecule has 0 unspecified atom stereocenters. The molecule has 3 N–H and O–H groups in total. The summed E-state index contributed by atoms with van der Waals surface area (Å²) < 4.78 is 0. The summed E-state index contributed by atoms with van der Waals surface area (Å²) in [4.78, 5) is 0. The molecule has 0 fully saturated rings. The molecule has 1 aliphatic rings. The first-order chi connectivity index (χ1) is 12.8. The largest absolute Gasteiger partial charge is 0.507 e. The van der Waals surface area contributed by atoms with Crippen LogP contribution in [0.15, 0.2) is 42.5 Å². The summed E-state index contributed by atoms with van der Waals surface area (Å²) in [7, 11) is 0. The predicted molar refractivity (Wildman–Crippen MR) is 96.7 cm³/mol. The van der Waals surface area contributed by atoms with E-state index in [0.717, 1.165) is 55.4 Å². The first-order valence-electron chi connectivity index (χ1n) is 8.28. The molecule has 2 aromatic heterocycles. The van der Waals surface area contributed by atoms with Gasteiger partial charge >= 0.3 is 0 Å². The van der Waals surface area contributed by atoms with Crippen LogP contribution in [0.1, 0.15) is 11.1 Å². The minimum Gasteiger partial charge on any atom is -0.507 e. The third-order valence-corrected chi connectivity index (χ3v) is 5.09. The van der Waals surface area contributed by atoms with Crippen LogP contribution in [0.4, 0.5) is 0 Å². The lowest BCUT2D eigenvalue weighted by Crippen LogP contribution is -1.92. The first-order valence-corrected chi connectivity index (χ1v) is 8.28. The molecule has 6 rings (SSSR count). The van der Waals surface area contributed by atoms with E-state index in [0.29, 0.717) is 6.42 Å². The van der Waals surface area contributed by atoms with Crippen LogP contribution in [0.2, 0.25) is 0 Å². The van der Waals surface area contributed by atoms with Crippen LogP contribution in [-0.2, 0) is 6.42 Å². The summed E-state index contributed by atoms with van der Waals surface area (Å²) in [6, 6.07) is 13.6. The Hall–Kier alpha value is -3.74. The van der Waals surface area contributed by atoms with Crippen molar-refractivity contribution < 1.29 is 5.11 Å². The lowest BCUT2D eigenvalue weighted by atomic mass is 9.92. The van der Waals surface area contributed by atoms with Crippen molar-refractivity contribution in [1.29, 1.82) is 0 Å². The van der Waals surface area contributed by atoms with E-state index in [4.69, 9.17) is 0 Å². The van der Waals surface area contributed by atoms with Crippen LogP contribution < -0.4 is 0 Å². The highest BCUT2D eigenvalue weighted by Crippen LogP contribution is 2.48. The van der Waals surface area contributed by atoms with Gasteiger partial charge in [0.1, 0.15) is 27.8 Å². The van der Waals surface area contributed by atoms with E-state index in [1.54, 1.807) is 6.07 Å². The average molecular weight is 340 g/mol. The Morgan fingerprint density at radius 2 is 1.35 bits per heavy atom. The predicted octanol–water partition coefficient (Wildman–Crippen LogP) is 3.17. The highest BCUT2D eigenvalue weighted by Gasteiger charge is 2.27. The van der Waals surface area contributed by atoms with Gasteiger partial charge in [0.2, 0.25) is 0 Å². The van der Waals surface area contributed by atoms with Gasteiger partial charge < -0.3 is 5.11 Å². The molecule has 1 aliphatic carbocycles. The zero-order valence-electron chi connectivity index (χ0n) is 13.5. The Kier molecular flexibility index (Phi) is 2.43. The molecule has 7 heteroatoms. The molecule has 0 spiro atoms. The quantitative estimate of drug-likeness (QED) is 0.394. The van der Waals surface area contributed by atoms with Gasteiger partial charge in [-0.25, -0.2) is 0 Å². The molecule has 0 saturated heterocycles. The summed E-state index contributed by atoms with van der Waals surface area (Å²) in [6.07, 6.45) is 0.713. The number of aromatic hydroxyl groups is 1. The topological polar surface area (TPSA) is 103 Å². The molecular weight excluding hydrogens is 328 g/mol. The number of benzene rings is 3. The fourth-order valence-corrected chi connectivity index (χ4v) is 4.00. The molecule has 0 atom stereocenters. The monoisotopic (exact) mass is 340 g/mol. The van der Waals surface area contributed by atoms with Crippen molar-refractivity contribution in [2.24, 2.45) is 0 Å². The zero-order chi connectivity index (χ0) is 17.3. The van der Waals surface area contributed by atoms with Gasteiger partial charge in [-0.15, -0.1) is 0 Å². The summed E-state index contributed by atoms with van der Waals surface area (Å²) in [5.74, 6) is 0.215. The van der Waals surface area contributed by atoms with Crippen LogP contribution in [0.25, 0.3) is 44.3 Å². The molecule has 0 aliphatic heterocycles. The van der Waals surface area contributed by atoms with Crippen molar-refractivity contribution >= 4 is 22.1 Å². The van der Waals surface area contributed by atoms with E-state index in [2.05, 4.69) is 43.0 Å². The van der Waals surface area contributed by atoms with Gasteiger partial charge in [-0.3, -0.25) is 0 Å². The molecule has 124 valence electrons. The highest BCUT2D eigenvalue weighted by atomic mass is 16.3. The van der Waals surface area contributed by atoms with E-state index < -0.39 is 0 Å². The number of aromatic amines is 2. The van der Waals surface area contributed by atoms with Crippen molar-refractivity contribution in [3.63, 3.8) is 0 Å². The molecule has 2 heterocycles. The van der Waals surface area contributed by atoms with Gasteiger partial charge in [-0.2, -0.15) is 30.8 Å². The van der Waals surface area contributed by atoms with E-state index in [1.165, 1.54) is 0 Å². The van der Waals surface area contributed by atoms with Gasteiger partial charge in [-0.1, -0.05) is 24.3 Å². The van der Waals surface area contributed by atoms with Crippen LogP contribution >= 0.6 is 0 Å². The fraction of sp³-hybridized carbons (Fsp3) is 0.0526. The molecule has 0 bridgehead atoms. The van der Waals surface area contributed by atoms with Crippen molar-refractivity contribution in [2.45, 2.75) is 6.42 Å². The number of hydrogen-bond donors (Lipinski definition) is 3. The van der Waals surface area contributed by atoms with Gasteiger partial charge in [0.05, 0.1) is 0 Å². The first kappa shape index (κ1) is 13.5. The molecule has 0 radical (unpaired) electrons. The number of nitrogens with zero attached hydrogens (tertiary/aromatic N) is 4. The third-order valence-electron chi connectivity index (χ3n) is 5.09. The van der Waals surface area contributed by atoms with Gasteiger partial charge in [0.15, 0.2) is 0 Å². The van der Waals surface area contributed by atoms with E-state index in [-0.39, 0.29) is 5.75 Å². The second-order valence-electron chi connectivity index (χ2n) is 6.46. The van der Waals surface area contributed by atoms with E-state index >= 15 is 0 Å². The third kappa shape index (κ3) is 1.61. The number of H-pyrrole nitrogens is 2. The Labute approximate surface area is 146 Å². The zero-order valence-corrected chi connectivity index (χ0v) is 13.5. The maximum Gasteiger partial charge on any atom is 0.124 e. The normalized spacial score (nSPS) is 12.6. The summed E-state index contributed by atoms with van der Waals surface area (Å²) >= 11 is 0. The van der Waals surface area contributed by atoms with Crippen molar-refractivity contribution in [1.82, 2.24) is 30.8 Å². The highest BCUT2D eigenvalue weighted by molar-refractivity contribution is 6.06. The number of phenols is 1. The van der Waals surface area contributed by atoms with Crippen LogP contribution in [0, 0.1) is 0 Å². The Morgan fingerprint density at radius 3 is 2.08 bits per heavy atom. The Morgan fingerprint density at radius 1 is 0.692 bits per heavy atom. The van der Waals surface area contributed by atoms with E-state index in [9.17, 15) is 5.11 Å². The minimum absolute atomic E-state index is 0.215. The number of hydrogen-bond acceptors (Lipinski definition) is 5. The van der Waals surface area contributed by atoms with Gasteiger partial charge in [0, 0.05) is 16.7 Å². The van der Waals surface area contributed by atoms with E-state index in [1.807, 2.05) is 24.3 Å². The fourth-order valence-electron chi connectivity index (χ4n) is 4.00. The SMILES string of the molecule is Oc1cccc2c1-c1c(ccc3n[nH]nc13)Cc1ccc3n[nH]nc3c1-2.